The number of nitrogens with zero attached hydrogens (tertiary/aromatic N) is 1. The van der Waals surface area contributed by atoms with Crippen molar-refractivity contribution < 1.29 is 4.74 Å². The molecule has 1 unspecified atom stereocenters. The molecular formula is C11H12BrNO. The highest BCUT2D eigenvalue weighted by Gasteiger charge is 2.30. The highest BCUT2D eigenvalue weighted by molar-refractivity contribution is 9.10. The molecule has 1 fully saturated rings. The van der Waals surface area contributed by atoms with E-state index in [0.29, 0.717) is 6.23 Å². The molecule has 3 heteroatoms. The lowest BCUT2D eigenvalue weighted by atomic mass is 10.1. The summed E-state index contributed by atoms with van der Waals surface area (Å²) in [7, 11) is 0. The molecule has 2 aliphatic heterocycles. The van der Waals surface area contributed by atoms with Crippen LogP contribution in [0.3, 0.4) is 0 Å². The first-order chi connectivity index (χ1) is 6.84. The van der Waals surface area contributed by atoms with E-state index in [1.165, 1.54) is 24.1 Å². The maximum atomic E-state index is 5.78. The van der Waals surface area contributed by atoms with Gasteiger partial charge >= 0.3 is 0 Å². The van der Waals surface area contributed by atoms with E-state index in [-0.39, 0.29) is 0 Å². The fourth-order valence-corrected chi connectivity index (χ4v) is 2.65. The Labute approximate surface area is 92.0 Å². The number of ether oxygens (including phenoxy) is 1. The van der Waals surface area contributed by atoms with Crippen LogP contribution in [0.1, 0.15) is 18.4 Å². The number of rotatable bonds is 0. The lowest BCUT2D eigenvalue weighted by Gasteiger charge is -2.33. The van der Waals surface area contributed by atoms with Gasteiger partial charge in [-0.3, -0.25) is 0 Å². The Balaban J connectivity index is 2.07. The van der Waals surface area contributed by atoms with Crippen LogP contribution in [0.5, 0.6) is 0 Å². The first-order valence-electron chi connectivity index (χ1n) is 5.01. The van der Waals surface area contributed by atoms with Crippen molar-refractivity contribution in [3.8, 4) is 0 Å². The predicted molar refractivity (Wildman–Crippen MR) is 59.3 cm³/mol. The Bertz CT molecular complexity index is 366. The third-order valence-corrected chi connectivity index (χ3v) is 3.48. The van der Waals surface area contributed by atoms with Crippen LogP contribution in [-0.2, 0) is 11.3 Å². The second-order valence-corrected chi connectivity index (χ2v) is 4.79. The number of benzene rings is 1. The van der Waals surface area contributed by atoms with E-state index in [0.717, 1.165) is 17.6 Å². The largest absolute Gasteiger partial charge is 0.354 e. The van der Waals surface area contributed by atoms with Crippen molar-refractivity contribution in [2.45, 2.75) is 25.7 Å². The topological polar surface area (TPSA) is 12.5 Å². The van der Waals surface area contributed by atoms with Crippen LogP contribution in [0.2, 0.25) is 0 Å². The Morgan fingerprint density at radius 1 is 1.43 bits per heavy atom. The van der Waals surface area contributed by atoms with E-state index in [9.17, 15) is 0 Å². The Morgan fingerprint density at radius 2 is 2.36 bits per heavy atom. The van der Waals surface area contributed by atoms with Crippen LogP contribution >= 0.6 is 15.9 Å². The summed E-state index contributed by atoms with van der Waals surface area (Å²) in [6, 6.07) is 6.43. The van der Waals surface area contributed by atoms with Crippen LogP contribution in [0, 0.1) is 0 Å². The van der Waals surface area contributed by atoms with Gasteiger partial charge in [0.15, 0.2) is 0 Å². The summed E-state index contributed by atoms with van der Waals surface area (Å²) in [5, 5.41) is 0. The van der Waals surface area contributed by atoms with Gasteiger partial charge in [-0.25, -0.2) is 0 Å². The summed E-state index contributed by atoms with van der Waals surface area (Å²) in [6.45, 7) is 1.90. The molecule has 0 bridgehead atoms. The van der Waals surface area contributed by atoms with E-state index in [2.05, 4.69) is 39.0 Å². The van der Waals surface area contributed by atoms with E-state index in [1.54, 1.807) is 0 Å². The minimum Gasteiger partial charge on any atom is -0.354 e. The monoisotopic (exact) mass is 253 g/mol. The smallest absolute Gasteiger partial charge is 0.130 e. The van der Waals surface area contributed by atoms with E-state index < -0.39 is 0 Å². The average Bonchev–Trinajstić information content (AvgIpc) is 2.65. The van der Waals surface area contributed by atoms with Crippen molar-refractivity contribution in [1.29, 1.82) is 0 Å². The standard InChI is InChI=1S/C11H12BrNO/c12-9-4-3-8-7-14-11-2-1-5-13(11)10(8)6-9/h3-4,6,11H,1-2,5,7H2. The maximum absolute atomic E-state index is 5.78. The van der Waals surface area contributed by atoms with Gasteiger partial charge in [0, 0.05) is 22.3 Å². The van der Waals surface area contributed by atoms with Crippen LogP contribution < -0.4 is 4.90 Å². The van der Waals surface area contributed by atoms with Crippen molar-refractivity contribution >= 4 is 21.6 Å². The second-order valence-electron chi connectivity index (χ2n) is 3.87. The number of fused-ring (bicyclic) bond motifs is 3. The van der Waals surface area contributed by atoms with Gasteiger partial charge in [-0.05, 0) is 25.0 Å². The Kier molecular flexibility index (Phi) is 2.03. The zero-order chi connectivity index (χ0) is 9.54. The first-order valence-corrected chi connectivity index (χ1v) is 5.80. The molecule has 1 aromatic carbocycles. The molecule has 0 amide bonds. The lowest BCUT2D eigenvalue weighted by Crippen LogP contribution is -2.35. The number of halogens is 1. The van der Waals surface area contributed by atoms with Crippen LogP contribution in [-0.4, -0.2) is 12.8 Å². The van der Waals surface area contributed by atoms with E-state index >= 15 is 0 Å². The molecule has 1 atom stereocenters. The van der Waals surface area contributed by atoms with E-state index in [4.69, 9.17) is 4.74 Å². The molecule has 0 radical (unpaired) electrons. The fraction of sp³-hybridized carbons (Fsp3) is 0.455. The number of anilines is 1. The number of hydrogen-bond acceptors (Lipinski definition) is 2. The predicted octanol–water partition coefficient (Wildman–Crippen LogP) is 2.91. The highest BCUT2D eigenvalue weighted by atomic mass is 79.9. The third-order valence-electron chi connectivity index (χ3n) is 2.99. The molecule has 3 rings (SSSR count). The molecule has 0 spiro atoms. The van der Waals surface area contributed by atoms with Crippen molar-refractivity contribution in [2.24, 2.45) is 0 Å². The molecule has 2 aliphatic rings. The van der Waals surface area contributed by atoms with Gasteiger partial charge in [-0.2, -0.15) is 0 Å². The van der Waals surface area contributed by atoms with Crippen molar-refractivity contribution in [3.05, 3.63) is 28.2 Å². The van der Waals surface area contributed by atoms with Crippen LogP contribution in [0.25, 0.3) is 0 Å². The van der Waals surface area contributed by atoms with Gasteiger partial charge in [-0.1, -0.05) is 22.0 Å². The molecule has 2 nitrogen and oxygen atoms in total. The van der Waals surface area contributed by atoms with Gasteiger partial charge in [0.1, 0.15) is 6.23 Å². The summed E-state index contributed by atoms with van der Waals surface area (Å²) in [5.74, 6) is 0. The van der Waals surface area contributed by atoms with Crippen molar-refractivity contribution in [3.63, 3.8) is 0 Å². The van der Waals surface area contributed by atoms with Gasteiger partial charge < -0.3 is 9.64 Å². The van der Waals surface area contributed by atoms with Crippen molar-refractivity contribution in [1.82, 2.24) is 0 Å². The minimum atomic E-state index is 0.330. The molecule has 0 saturated carbocycles. The molecule has 1 saturated heterocycles. The molecule has 0 aliphatic carbocycles. The summed E-state index contributed by atoms with van der Waals surface area (Å²) in [5.41, 5.74) is 2.67. The van der Waals surface area contributed by atoms with Gasteiger partial charge in [0.25, 0.3) is 0 Å². The van der Waals surface area contributed by atoms with Gasteiger partial charge in [0.2, 0.25) is 0 Å². The fourth-order valence-electron chi connectivity index (χ4n) is 2.30. The lowest BCUT2D eigenvalue weighted by molar-refractivity contribution is 0.0384. The SMILES string of the molecule is Brc1ccc2c(c1)N1CCCC1OC2. The second kappa shape index (κ2) is 3.24. The van der Waals surface area contributed by atoms with Gasteiger partial charge in [-0.15, -0.1) is 0 Å². The quantitative estimate of drug-likeness (QED) is 0.705. The molecule has 1 aromatic rings. The molecule has 74 valence electrons. The minimum absolute atomic E-state index is 0.330. The third kappa shape index (κ3) is 1.27. The molecule has 0 aromatic heterocycles. The summed E-state index contributed by atoms with van der Waals surface area (Å²) in [4.78, 5) is 2.38. The van der Waals surface area contributed by atoms with Crippen molar-refractivity contribution in [2.75, 3.05) is 11.4 Å². The van der Waals surface area contributed by atoms with E-state index in [1.807, 2.05) is 0 Å². The highest BCUT2D eigenvalue weighted by Crippen LogP contribution is 2.36. The normalized spacial score (nSPS) is 24.6. The molecule has 2 heterocycles. The molecule has 14 heavy (non-hydrogen) atoms. The molecular weight excluding hydrogens is 242 g/mol. The average molecular weight is 254 g/mol. The summed E-state index contributed by atoms with van der Waals surface area (Å²) >= 11 is 3.52. The zero-order valence-electron chi connectivity index (χ0n) is 7.87. The summed E-state index contributed by atoms with van der Waals surface area (Å²) < 4.78 is 6.94. The molecule has 0 N–H and O–H groups in total. The van der Waals surface area contributed by atoms with Crippen LogP contribution in [0.15, 0.2) is 22.7 Å². The summed E-state index contributed by atoms with van der Waals surface area (Å²) in [6.07, 6.45) is 2.75. The van der Waals surface area contributed by atoms with Gasteiger partial charge in [0.05, 0.1) is 6.61 Å². The number of hydrogen-bond donors (Lipinski definition) is 0. The first kappa shape index (κ1) is 8.74. The van der Waals surface area contributed by atoms with Crippen LogP contribution in [0.4, 0.5) is 5.69 Å². The zero-order valence-corrected chi connectivity index (χ0v) is 9.46. The Morgan fingerprint density at radius 3 is 3.29 bits per heavy atom. The maximum Gasteiger partial charge on any atom is 0.130 e. The Hall–Kier alpha value is -0.540.